The molecule has 5 nitrogen and oxygen atoms in total. The van der Waals surface area contributed by atoms with Crippen molar-refractivity contribution in [1.82, 2.24) is 9.88 Å². The van der Waals surface area contributed by atoms with Crippen molar-refractivity contribution in [3.05, 3.63) is 47.2 Å². The van der Waals surface area contributed by atoms with Gasteiger partial charge in [0.05, 0.1) is 12.2 Å². The average molecular weight is 503 g/mol. The summed E-state index contributed by atoms with van der Waals surface area (Å²) in [6.45, 7) is 11.7. The predicted octanol–water partition coefficient (Wildman–Crippen LogP) is 6.80. The number of ether oxygens (including phenoxy) is 2. The van der Waals surface area contributed by atoms with Gasteiger partial charge in [0.15, 0.2) is 0 Å². The van der Waals surface area contributed by atoms with E-state index < -0.39 is 0 Å². The lowest BCUT2D eigenvalue weighted by molar-refractivity contribution is 0.0696. The van der Waals surface area contributed by atoms with E-state index in [9.17, 15) is 4.79 Å². The zero-order chi connectivity index (χ0) is 25.6. The highest BCUT2D eigenvalue weighted by Crippen LogP contribution is 2.58. The first-order valence-corrected chi connectivity index (χ1v) is 14.5. The van der Waals surface area contributed by atoms with Crippen LogP contribution >= 0.6 is 0 Å². The third-order valence-corrected chi connectivity index (χ3v) is 9.43. The second-order valence-corrected chi connectivity index (χ2v) is 12.1. The summed E-state index contributed by atoms with van der Waals surface area (Å²) in [6, 6.07) is 6.98. The molecule has 1 N–H and O–H groups in total. The van der Waals surface area contributed by atoms with Gasteiger partial charge in [-0.15, -0.1) is 0 Å². The van der Waals surface area contributed by atoms with Gasteiger partial charge in [-0.1, -0.05) is 25.8 Å². The maximum Gasteiger partial charge on any atom is 0.253 e. The van der Waals surface area contributed by atoms with E-state index in [0.717, 1.165) is 79.5 Å². The number of rotatable bonds is 6. The summed E-state index contributed by atoms with van der Waals surface area (Å²) in [5.74, 6) is 1.76. The second-order valence-electron chi connectivity index (χ2n) is 12.1. The number of hydrogen-bond donors (Lipinski definition) is 1. The molecule has 2 saturated carbocycles. The van der Waals surface area contributed by atoms with Crippen LogP contribution in [-0.2, 0) is 16.7 Å². The Hall–Kier alpha value is -2.53. The molecule has 0 radical (unpaired) electrons. The summed E-state index contributed by atoms with van der Waals surface area (Å²) >= 11 is 0. The Bertz CT molecular complexity index is 1190. The van der Waals surface area contributed by atoms with Crippen molar-refractivity contribution in [3.63, 3.8) is 0 Å². The van der Waals surface area contributed by atoms with Crippen LogP contribution in [0.4, 0.5) is 0 Å². The monoisotopic (exact) mass is 502 g/mol. The first-order chi connectivity index (χ1) is 17.9. The third-order valence-electron chi connectivity index (χ3n) is 9.43. The number of benzene rings is 1. The highest BCUT2D eigenvalue weighted by molar-refractivity contribution is 5.97. The molecule has 1 aromatic heterocycles. The van der Waals surface area contributed by atoms with E-state index in [4.69, 9.17) is 9.47 Å². The Balaban J connectivity index is 1.42. The molecule has 198 valence electrons. The minimum atomic E-state index is 0.0492. The number of hydrogen-bond acceptors (Lipinski definition) is 3. The van der Waals surface area contributed by atoms with Gasteiger partial charge in [-0.25, -0.2) is 0 Å². The van der Waals surface area contributed by atoms with Gasteiger partial charge in [-0.3, -0.25) is 4.79 Å². The molecule has 4 aliphatic rings. The van der Waals surface area contributed by atoms with Gasteiger partial charge in [0, 0.05) is 53.7 Å². The van der Waals surface area contributed by atoms with Crippen LogP contribution in [0.3, 0.4) is 0 Å². The molecule has 0 atom stereocenters. The summed E-state index contributed by atoms with van der Waals surface area (Å²) in [5.41, 5.74) is 8.02. The molecule has 3 heterocycles. The molecule has 5 heteroatoms. The Kier molecular flexibility index (Phi) is 6.68. The van der Waals surface area contributed by atoms with Crippen LogP contribution in [0.2, 0.25) is 0 Å². The lowest BCUT2D eigenvalue weighted by Gasteiger charge is -2.29. The van der Waals surface area contributed by atoms with Crippen molar-refractivity contribution in [1.29, 1.82) is 0 Å². The molecule has 2 aromatic rings. The number of allylic oxidation sites excluding steroid dienone is 1. The first-order valence-electron chi connectivity index (χ1n) is 14.5. The van der Waals surface area contributed by atoms with Gasteiger partial charge < -0.3 is 19.4 Å². The Labute approximate surface area is 221 Å². The Morgan fingerprint density at radius 1 is 1.03 bits per heavy atom. The number of nitrogens with zero attached hydrogens (tertiary/aromatic N) is 1. The number of carbonyl (C=O) groups excluding carboxylic acids is 1. The normalized spacial score (nSPS) is 21.4. The number of aromatic nitrogens is 1. The SMILES string of the molecule is C=C(C)c1cc(-c2cc(C(=O)NC3CCOCC3)c(C)n2CC2CCCCC2)cc2c1OCCC21CC1. The fraction of sp³-hybridized carbons (Fsp3) is 0.594. The maximum absolute atomic E-state index is 13.5. The molecule has 2 aliphatic heterocycles. The zero-order valence-electron chi connectivity index (χ0n) is 22.7. The van der Waals surface area contributed by atoms with Crippen LogP contribution in [0, 0.1) is 12.8 Å². The van der Waals surface area contributed by atoms with Gasteiger partial charge in [-0.2, -0.15) is 0 Å². The van der Waals surface area contributed by atoms with E-state index in [-0.39, 0.29) is 17.4 Å². The number of nitrogens with one attached hydrogen (secondary N) is 1. The lowest BCUT2D eigenvalue weighted by Crippen LogP contribution is -2.39. The van der Waals surface area contributed by atoms with Gasteiger partial charge in [0.2, 0.25) is 0 Å². The summed E-state index contributed by atoms with van der Waals surface area (Å²) in [5, 5.41) is 3.31. The highest BCUT2D eigenvalue weighted by atomic mass is 16.5. The predicted molar refractivity (Wildman–Crippen MR) is 148 cm³/mol. The Morgan fingerprint density at radius 2 is 1.78 bits per heavy atom. The summed E-state index contributed by atoms with van der Waals surface area (Å²) in [7, 11) is 0. The smallest absolute Gasteiger partial charge is 0.253 e. The van der Waals surface area contributed by atoms with Gasteiger partial charge in [0.1, 0.15) is 5.75 Å². The minimum absolute atomic E-state index is 0.0492. The van der Waals surface area contributed by atoms with E-state index in [2.05, 4.69) is 48.5 Å². The second kappa shape index (κ2) is 9.98. The Morgan fingerprint density at radius 3 is 2.49 bits per heavy atom. The standard InChI is InChI=1S/C32H42N2O3/c1-21(2)26-17-24(18-28-30(26)37-16-13-32(28)11-12-32)29-19-27(31(35)33-25-9-14-36-15-10-25)22(3)34(29)20-23-7-5-4-6-8-23/h17-19,23,25H,1,4-16,20H2,2-3H3,(H,33,35). The highest BCUT2D eigenvalue weighted by Gasteiger charge is 2.48. The van der Waals surface area contributed by atoms with E-state index >= 15 is 0 Å². The molecule has 1 amide bonds. The van der Waals surface area contributed by atoms with Gasteiger partial charge in [0.25, 0.3) is 5.91 Å². The molecular weight excluding hydrogens is 460 g/mol. The molecule has 3 fully saturated rings. The van der Waals surface area contributed by atoms with Crippen molar-refractivity contribution in [2.24, 2.45) is 5.92 Å². The summed E-state index contributed by atoms with van der Waals surface area (Å²) < 4.78 is 14.2. The van der Waals surface area contributed by atoms with Crippen LogP contribution in [0.5, 0.6) is 5.75 Å². The molecule has 0 bridgehead atoms. The minimum Gasteiger partial charge on any atom is -0.493 e. The van der Waals surface area contributed by atoms with Crippen molar-refractivity contribution < 1.29 is 14.3 Å². The molecule has 2 aliphatic carbocycles. The first kappa shape index (κ1) is 24.8. The summed E-state index contributed by atoms with van der Waals surface area (Å²) in [4.78, 5) is 13.5. The van der Waals surface area contributed by atoms with Crippen molar-refractivity contribution in [3.8, 4) is 17.0 Å². The molecule has 1 saturated heterocycles. The van der Waals surface area contributed by atoms with Crippen LogP contribution < -0.4 is 10.1 Å². The molecule has 1 spiro atoms. The number of fused-ring (bicyclic) bond motifs is 2. The zero-order valence-corrected chi connectivity index (χ0v) is 22.7. The summed E-state index contributed by atoms with van der Waals surface area (Å²) in [6.07, 6.45) is 11.9. The number of amides is 1. The topological polar surface area (TPSA) is 52.5 Å². The van der Waals surface area contributed by atoms with E-state index in [1.807, 2.05) is 0 Å². The quantitative estimate of drug-likeness (QED) is 0.473. The molecule has 6 rings (SSSR count). The average Bonchev–Trinajstić information content (AvgIpc) is 3.61. The maximum atomic E-state index is 13.5. The van der Waals surface area contributed by atoms with E-state index in [0.29, 0.717) is 5.92 Å². The van der Waals surface area contributed by atoms with Crippen molar-refractivity contribution >= 4 is 11.5 Å². The van der Waals surface area contributed by atoms with Crippen LogP contribution in [0.25, 0.3) is 16.8 Å². The van der Waals surface area contributed by atoms with Crippen LogP contribution in [-0.4, -0.2) is 36.3 Å². The van der Waals surface area contributed by atoms with E-state index in [1.165, 1.54) is 56.1 Å². The molecule has 0 unspecified atom stereocenters. The fourth-order valence-corrected chi connectivity index (χ4v) is 6.88. The van der Waals surface area contributed by atoms with Crippen molar-refractivity contribution in [2.45, 2.75) is 96.1 Å². The van der Waals surface area contributed by atoms with E-state index in [1.54, 1.807) is 0 Å². The number of carbonyl (C=O) groups is 1. The van der Waals surface area contributed by atoms with Gasteiger partial charge in [-0.05, 0) is 94.0 Å². The van der Waals surface area contributed by atoms with Crippen LogP contribution in [0.1, 0.15) is 98.3 Å². The van der Waals surface area contributed by atoms with Gasteiger partial charge >= 0.3 is 0 Å². The fourth-order valence-electron chi connectivity index (χ4n) is 6.88. The molecular formula is C32H42N2O3. The molecule has 37 heavy (non-hydrogen) atoms. The lowest BCUT2D eigenvalue weighted by atomic mass is 9.85. The third kappa shape index (κ3) is 4.76. The molecule has 1 aromatic carbocycles. The van der Waals surface area contributed by atoms with Crippen LogP contribution in [0.15, 0.2) is 24.8 Å². The largest absolute Gasteiger partial charge is 0.493 e. The van der Waals surface area contributed by atoms with Crippen molar-refractivity contribution in [2.75, 3.05) is 19.8 Å².